The number of carboxylic acids is 1. The highest BCUT2D eigenvalue weighted by Gasteiger charge is 2.35. The van der Waals surface area contributed by atoms with Crippen molar-refractivity contribution in [3.05, 3.63) is 0 Å². The first-order valence-electron chi connectivity index (χ1n) is 7.05. The molecular formula is C14H23NO3. The zero-order valence-corrected chi connectivity index (χ0v) is 11.1. The van der Waals surface area contributed by atoms with Crippen LogP contribution in [0.1, 0.15) is 44.9 Å². The van der Waals surface area contributed by atoms with Crippen LogP contribution in [0.25, 0.3) is 0 Å². The molecule has 0 saturated heterocycles. The summed E-state index contributed by atoms with van der Waals surface area (Å²) in [6.45, 7) is 0.854. The van der Waals surface area contributed by atoms with Gasteiger partial charge < -0.3 is 10.0 Å². The van der Waals surface area contributed by atoms with Gasteiger partial charge in [0.2, 0.25) is 5.91 Å². The number of aliphatic carboxylic acids is 1. The minimum Gasteiger partial charge on any atom is -0.481 e. The fourth-order valence-corrected chi connectivity index (χ4v) is 3.41. The summed E-state index contributed by atoms with van der Waals surface area (Å²) in [5.41, 5.74) is 0. The monoisotopic (exact) mass is 253 g/mol. The molecule has 18 heavy (non-hydrogen) atoms. The summed E-state index contributed by atoms with van der Waals surface area (Å²) >= 11 is 0. The zero-order valence-electron chi connectivity index (χ0n) is 11.1. The van der Waals surface area contributed by atoms with Crippen LogP contribution in [-0.2, 0) is 9.59 Å². The number of hydrogen-bond acceptors (Lipinski definition) is 2. The minimum absolute atomic E-state index is 0.0579. The molecule has 2 saturated carbocycles. The maximum Gasteiger partial charge on any atom is 0.306 e. The molecule has 2 aliphatic rings. The number of carbonyl (C=O) groups is 2. The molecule has 0 aromatic rings. The summed E-state index contributed by atoms with van der Waals surface area (Å²) in [5, 5.41) is 8.96. The Labute approximate surface area is 108 Å². The molecule has 102 valence electrons. The largest absolute Gasteiger partial charge is 0.481 e. The highest BCUT2D eigenvalue weighted by atomic mass is 16.4. The SMILES string of the molecule is CN(CC1CCCC1)C(=O)C1CCC(C(=O)O)C1. The molecule has 2 atom stereocenters. The predicted molar refractivity (Wildman–Crippen MR) is 68.1 cm³/mol. The molecule has 0 heterocycles. The van der Waals surface area contributed by atoms with Gasteiger partial charge in [-0.25, -0.2) is 0 Å². The van der Waals surface area contributed by atoms with Gasteiger partial charge >= 0.3 is 5.97 Å². The Kier molecular flexibility index (Phi) is 4.25. The second-order valence-corrected chi connectivity index (χ2v) is 5.91. The lowest BCUT2D eigenvalue weighted by Crippen LogP contribution is -2.35. The Morgan fingerprint density at radius 2 is 1.72 bits per heavy atom. The Morgan fingerprint density at radius 1 is 1.11 bits per heavy atom. The summed E-state index contributed by atoms with van der Waals surface area (Å²) in [6.07, 6.45) is 6.98. The first-order valence-corrected chi connectivity index (χ1v) is 7.05. The fraction of sp³-hybridized carbons (Fsp3) is 0.857. The van der Waals surface area contributed by atoms with Crippen LogP contribution in [-0.4, -0.2) is 35.5 Å². The van der Waals surface area contributed by atoms with E-state index in [0.717, 1.165) is 13.0 Å². The molecule has 0 bridgehead atoms. The average Bonchev–Trinajstić information content (AvgIpc) is 2.98. The average molecular weight is 253 g/mol. The number of carbonyl (C=O) groups excluding carboxylic acids is 1. The Hall–Kier alpha value is -1.06. The second kappa shape index (κ2) is 5.72. The van der Waals surface area contributed by atoms with Crippen molar-refractivity contribution in [2.75, 3.05) is 13.6 Å². The normalized spacial score (nSPS) is 28.5. The van der Waals surface area contributed by atoms with Gasteiger partial charge in [0.15, 0.2) is 0 Å². The van der Waals surface area contributed by atoms with E-state index in [1.807, 2.05) is 11.9 Å². The van der Waals surface area contributed by atoms with E-state index in [2.05, 4.69) is 0 Å². The molecule has 2 aliphatic carbocycles. The Balaban J connectivity index is 1.81. The molecule has 0 spiro atoms. The molecule has 2 unspecified atom stereocenters. The maximum atomic E-state index is 12.2. The van der Waals surface area contributed by atoms with Crippen LogP contribution in [0.3, 0.4) is 0 Å². The van der Waals surface area contributed by atoms with Crippen molar-refractivity contribution < 1.29 is 14.7 Å². The number of carboxylic acid groups (broad SMARTS) is 1. The molecule has 0 aromatic carbocycles. The van der Waals surface area contributed by atoms with Gasteiger partial charge in [-0.05, 0) is 38.0 Å². The first-order chi connectivity index (χ1) is 8.58. The van der Waals surface area contributed by atoms with Crippen LogP contribution in [0.2, 0.25) is 0 Å². The number of hydrogen-bond donors (Lipinski definition) is 1. The predicted octanol–water partition coefficient (Wildman–Crippen LogP) is 2.14. The van der Waals surface area contributed by atoms with Crippen LogP contribution in [0.15, 0.2) is 0 Å². The highest BCUT2D eigenvalue weighted by molar-refractivity contribution is 5.80. The van der Waals surface area contributed by atoms with E-state index < -0.39 is 5.97 Å². The first kappa shape index (κ1) is 13.4. The van der Waals surface area contributed by atoms with E-state index in [1.165, 1.54) is 25.7 Å². The summed E-state index contributed by atoms with van der Waals surface area (Å²) in [4.78, 5) is 25.0. The third kappa shape index (κ3) is 3.03. The maximum absolute atomic E-state index is 12.2. The van der Waals surface area contributed by atoms with Crippen LogP contribution in [0, 0.1) is 17.8 Å². The molecule has 1 N–H and O–H groups in total. The van der Waals surface area contributed by atoms with E-state index >= 15 is 0 Å². The summed E-state index contributed by atoms with van der Waals surface area (Å²) in [5.74, 6) is -0.290. The highest BCUT2D eigenvalue weighted by Crippen LogP contribution is 2.33. The van der Waals surface area contributed by atoms with Crippen LogP contribution in [0.5, 0.6) is 0 Å². The standard InChI is InChI=1S/C14H23NO3/c1-15(9-10-4-2-3-5-10)13(16)11-6-7-12(8-11)14(17)18/h10-12H,2-9H2,1H3,(H,17,18). The lowest BCUT2D eigenvalue weighted by atomic mass is 10.0. The van der Waals surface area contributed by atoms with E-state index in [0.29, 0.717) is 18.8 Å². The van der Waals surface area contributed by atoms with Gasteiger partial charge in [0.05, 0.1) is 5.92 Å². The number of nitrogens with zero attached hydrogens (tertiary/aromatic N) is 1. The molecule has 1 amide bonds. The lowest BCUT2D eigenvalue weighted by Gasteiger charge is -2.24. The van der Waals surface area contributed by atoms with Gasteiger partial charge in [-0.15, -0.1) is 0 Å². The van der Waals surface area contributed by atoms with E-state index in [4.69, 9.17) is 5.11 Å². The van der Waals surface area contributed by atoms with E-state index in [1.54, 1.807) is 0 Å². The van der Waals surface area contributed by atoms with Gasteiger partial charge in [-0.2, -0.15) is 0 Å². The quantitative estimate of drug-likeness (QED) is 0.835. The van der Waals surface area contributed by atoms with Gasteiger partial charge in [0.25, 0.3) is 0 Å². The van der Waals surface area contributed by atoms with Crippen LogP contribution in [0.4, 0.5) is 0 Å². The van der Waals surface area contributed by atoms with Crippen molar-refractivity contribution in [2.24, 2.45) is 17.8 Å². The molecule has 2 rings (SSSR count). The van der Waals surface area contributed by atoms with Crippen molar-refractivity contribution >= 4 is 11.9 Å². The van der Waals surface area contributed by atoms with E-state index in [9.17, 15) is 9.59 Å². The number of amides is 1. The van der Waals surface area contributed by atoms with Crippen molar-refractivity contribution in [1.82, 2.24) is 4.90 Å². The van der Waals surface area contributed by atoms with Crippen molar-refractivity contribution in [1.29, 1.82) is 0 Å². The molecular weight excluding hydrogens is 230 g/mol. The Morgan fingerprint density at radius 3 is 2.28 bits per heavy atom. The second-order valence-electron chi connectivity index (χ2n) is 5.91. The van der Waals surface area contributed by atoms with Crippen molar-refractivity contribution in [3.63, 3.8) is 0 Å². The summed E-state index contributed by atoms with van der Waals surface area (Å²) in [6, 6.07) is 0. The zero-order chi connectivity index (χ0) is 13.1. The summed E-state index contributed by atoms with van der Waals surface area (Å²) < 4.78 is 0. The van der Waals surface area contributed by atoms with Crippen molar-refractivity contribution in [2.45, 2.75) is 44.9 Å². The molecule has 0 aliphatic heterocycles. The lowest BCUT2D eigenvalue weighted by molar-refractivity contribution is -0.141. The van der Waals surface area contributed by atoms with Gasteiger partial charge in [-0.1, -0.05) is 12.8 Å². The summed E-state index contributed by atoms with van der Waals surface area (Å²) in [7, 11) is 1.87. The van der Waals surface area contributed by atoms with Crippen molar-refractivity contribution in [3.8, 4) is 0 Å². The Bertz CT molecular complexity index is 323. The smallest absolute Gasteiger partial charge is 0.306 e. The topological polar surface area (TPSA) is 57.6 Å². The molecule has 0 radical (unpaired) electrons. The fourth-order valence-electron chi connectivity index (χ4n) is 3.41. The minimum atomic E-state index is -0.747. The van der Waals surface area contributed by atoms with Gasteiger partial charge in [0.1, 0.15) is 0 Å². The number of rotatable bonds is 4. The van der Waals surface area contributed by atoms with Crippen LogP contribution >= 0.6 is 0 Å². The molecule has 0 aromatic heterocycles. The van der Waals surface area contributed by atoms with Gasteiger partial charge in [0, 0.05) is 19.5 Å². The van der Waals surface area contributed by atoms with E-state index in [-0.39, 0.29) is 17.7 Å². The molecule has 4 nitrogen and oxygen atoms in total. The van der Waals surface area contributed by atoms with Crippen LogP contribution < -0.4 is 0 Å². The third-order valence-electron chi connectivity index (χ3n) is 4.51. The molecule has 4 heteroatoms. The van der Waals surface area contributed by atoms with Gasteiger partial charge in [-0.3, -0.25) is 9.59 Å². The third-order valence-corrected chi connectivity index (χ3v) is 4.51. The molecule has 2 fully saturated rings.